The molecule has 0 spiro atoms. The van der Waals surface area contributed by atoms with Crippen LogP contribution < -0.4 is 16.6 Å². The lowest BCUT2D eigenvalue weighted by Crippen LogP contribution is -2.38. The molecule has 0 aliphatic rings. The first-order valence-electron chi connectivity index (χ1n) is 7.95. The number of carbonyl (C=O) groups is 1. The summed E-state index contributed by atoms with van der Waals surface area (Å²) in [6.45, 7) is 1.76. The van der Waals surface area contributed by atoms with E-state index in [0.29, 0.717) is 5.02 Å². The van der Waals surface area contributed by atoms with E-state index in [9.17, 15) is 14.4 Å². The monoisotopic (exact) mass is 375 g/mol. The molecule has 3 rings (SSSR count). The van der Waals surface area contributed by atoms with Crippen molar-refractivity contribution >= 4 is 28.7 Å². The van der Waals surface area contributed by atoms with Crippen LogP contribution in [0.4, 0.5) is 0 Å². The van der Waals surface area contributed by atoms with Gasteiger partial charge in [-0.1, -0.05) is 23.7 Å². The largest absolute Gasteiger partial charge is 0.348 e. The smallest absolute Gasteiger partial charge is 0.332 e. The van der Waals surface area contributed by atoms with E-state index in [1.807, 2.05) is 19.1 Å². The van der Waals surface area contributed by atoms with Gasteiger partial charge in [-0.15, -0.1) is 0 Å². The Morgan fingerprint density at radius 1 is 1.27 bits per heavy atom. The number of nitrogens with one attached hydrogen (secondary N) is 1. The molecule has 0 unspecified atom stereocenters. The predicted molar refractivity (Wildman–Crippen MR) is 98.2 cm³/mol. The maximum atomic E-state index is 12.4. The number of halogens is 1. The van der Waals surface area contributed by atoms with E-state index in [1.165, 1.54) is 29.6 Å². The lowest BCUT2D eigenvalue weighted by molar-refractivity contribution is -0.122. The van der Waals surface area contributed by atoms with Crippen LogP contribution in [0, 0.1) is 0 Å². The topological polar surface area (TPSA) is 90.9 Å². The van der Waals surface area contributed by atoms with Crippen LogP contribution in [0.2, 0.25) is 5.02 Å². The zero-order valence-electron chi connectivity index (χ0n) is 14.6. The summed E-state index contributed by atoms with van der Waals surface area (Å²) >= 11 is 5.98. The molecule has 0 aliphatic heterocycles. The molecule has 9 heteroatoms. The van der Waals surface area contributed by atoms with E-state index < -0.39 is 11.2 Å². The first-order chi connectivity index (χ1) is 12.3. The first kappa shape index (κ1) is 17.9. The fourth-order valence-electron chi connectivity index (χ4n) is 2.82. The number of aryl methyl sites for hydroxylation is 1. The summed E-state index contributed by atoms with van der Waals surface area (Å²) in [7, 11) is 2.92. The standard InChI is InChI=1S/C17H18ClN5O3/c1-10(11-5-4-6-12(18)7-11)20-13(24)8-23-9-19-15-14(23)16(25)22(3)17(26)21(15)2/h4-7,9-10H,8H2,1-3H3,(H,20,24)/t10-/m0/s1. The van der Waals surface area contributed by atoms with Crippen molar-refractivity contribution in [2.75, 3.05) is 0 Å². The Morgan fingerprint density at radius 2 is 2.00 bits per heavy atom. The third-order valence-electron chi connectivity index (χ3n) is 4.26. The van der Waals surface area contributed by atoms with Crippen LogP contribution in [0.25, 0.3) is 11.2 Å². The van der Waals surface area contributed by atoms with Crippen molar-refractivity contribution in [3.8, 4) is 0 Å². The molecular weight excluding hydrogens is 358 g/mol. The predicted octanol–water partition coefficient (Wildman–Crippen LogP) is 0.964. The van der Waals surface area contributed by atoms with E-state index in [-0.39, 0.29) is 29.7 Å². The minimum Gasteiger partial charge on any atom is -0.348 e. The minimum atomic E-state index is -0.490. The number of rotatable bonds is 4. The van der Waals surface area contributed by atoms with E-state index in [2.05, 4.69) is 10.3 Å². The molecule has 1 N–H and O–H groups in total. The average Bonchev–Trinajstić information content (AvgIpc) is 3.01. The van der Waals surface area contributed by atoms with Gasteiger partial charge in [-0.05, 0) is 24.6 Å². The molecule has 2 heterocycles. The fraction of sp³-hybridized carbons (Fsp3) is 0.294. The second-order valence-electron chi connectivity index (χ2n) is 6.09. The summed E-state index contributed by atoms with van der Waals surface area (Å²) in [5.41, 5.74) is 0.372. The van der Waals surface area contributed by atoms with Crippen LogP contribution in [0.5, 0.6) is 0 Å². The van der Waals surface area contributed by atoms with Crippen LogP contribution in [0.1, 0.15) is 18.5 Å². The summed E-state index contributed by atoms with van der Waals surface area (Å²) in [6, 6.07) is 6.98. The van der Waals surface area contributed by atoms with E-state index >= 15 is 0 Å². The molecule has 0 radical (unpaired) electrons. The van der Waals surface area contributed by atoms with Crippen LogP contribution >= 0.6 is 11.6 Å². The second-order valence-corrected chi connectivity index (χ2v) is 6.53. The summed E-state index contributed by atoms with van der Waals surface area (Å²) < 4.78 is 3.71. The lowest BCUT2D eigenvalue weighted by atomic mass is 10.1. The molecule has 8 nitrogen and oxygen atoms in total. The Bertz CT molecular complexity index is 1110. The number of hydrogen-bond donors (Lipinski definition) is 1. The number of fused-ring (bicyclic) bond motifs is 1. The Hall–Kier alpha value is -2.87. The Balaban J connectivity index is 1.86. The summed E-state index contributed by atoms with van der Waals surface area (Å²) in [5, 5.41) is 3.45. The molecule has 1 atom stereocenters. The maximum Gasteiger partial charge on any atom is 0.332 e. The maximum absolute atomic E-state index is 12.4. The van der Waals surface area contributed by atoms with Gasteiger partial charge < -0.3 is 9.88 Å². The van der Waals surface area contributed by atoms with Crippen LogP contribution in [-0.4, -0.2) is 24.6 Å². The van der Waals surface area contributed by atoms with Crippen molar-refractivity contribution < 1.29 is 4.79 Å². The van der Waals surface area contributed by atoms with Crippen molar-refractivity contribution in [3.05, 3.63) is 62.0 Å². The normalized spacial score (nSPS) is 12.3. The van der Waals surface area contributed by atoms with Gasteiger partial charge in [-0.25, -0.2) is 9.78 Å². The van der Waals surface area contributed by atoms with Crippen LogP contribution in [-0.2, 0) is 25.4 Å². The van der Waals surface area contributed by atoms with E-state index in [4.69, 9.17) is 11.6 Å². The van der Waals surface area contributed by atoms with E-state index in [1.54, 1.807) is 12.1 Å². The molecular formula is C17H18ClN5O3. The van der Waals surface area contributed by atoms with Gasteiger partial charge >= 0.3 is 5.69 Å². The molecule has 136 valence electrons. The fourth-order valence-corrected chi connectivity index (χ4v) is 3.02. The summed E-state index contributed by atoms with van der Waals surface area (Å²) in [4.78, 5) is 40.8. The van der Waals surface area contributed by atoms with Crippen molar-refractivity contribution in [3.63, 3.8) is 0 Å². The highest BCUT2D eigenvalue weighted by Crippen LogP contribution is 2.17. The highest BCUT2D eigenvalue weighted by molar-refractivity contribution is 6.30. The van der Waals surface area contributed by atoms with Gasteiger partial charge in [0.05, 0.1) is 12.4 Å². The molecule has 3 aromatic rings. The third-order valence-corrected chi connectivity index (χ3v) is 4.49. The second kappa shape index (κ2) is 6.80. The highest BCUT2D eigenvalue weighted by atomic mass is 35.5. The molecule has 0 saturated heterocycles. The molecule has 26 heavy (non-hydrogen) atoms. The minimum absolute atomic E-state index is 0.0884. The number of carbonyl (C=O) groups excluding carboxylic acids is 1. The van der Waals surface area contributed by atoms with Crippen LogP contribution in [0.3, 0.4) is 0 Å². The van der Waals surface area contributed by atoms with Gasteiger partial charge in [0.1, 0.15) is 6.54 Å². The number of aromatic nitrogens is 4. The number of hydrogen-bond acceptors (Lipinski definition) is 4. The van der Waals surface area contributed by atoms with Crippen molar-refractivity contribution in [2.45, 2.75) is 19.5 Å². The lowest BCUT2D eigenvalue weighted by Gasteiger charge is -2.15. The molecule has 0 bridgehead atoms. The molecule has 0 fully saturated rings. The van der Waals surface area contributed by atoms with Gasteiger partial charge in [0.15, 0.2) is 11.2 Å². The Kier molecular flexibility index (Phi) is 4.69. The zero-order chi connectivity index (χ0) is 19.0. The molecule has 1 amide bonds. The summed E-state index contributed by atoms with van der Waals surface area (Å²) in [6.07, 6.45) is 1.38. The molecule has 0 saturated carbocycles. The average molecular weight is 376 g/mol. The van der Waals surface area contributed by atoms with Crippen molar-refractivity contribution in [2.24, 2.45) is 14.1 Å². The molecule has 1 aromatic carbocycles. The number of amides is 1. The Labute approximate surface area is 153 Å². The van der Waals surface area contributed by atoms with Gasteiger partial charge in [0.25, 0.3) is 5.56 Å². The van der Waals surface area contributed by atoms with Crippen LogP contribution in [0.15, 0.2) is 40.2 Å². The zero-order valence-corrected chi connectivity index (χ0v) is 15.3. The van der Waals surface area contributed by atoms with Crippen molar-refractivity contribution in [1.82, 2.24) is 24.0 Å². The van der Waals surface area contributed by atoms with Gasteiger partial charge in [-0.2, -0.15) is 0 Å². The van der Waals surface area contributed by atoms with Crippen molar-refractivity contribution in [1.29, 1.82) is 0 Å². The quantitative estimate of drug-likeness (QED) is 0.735. The number of imidazole rings is 1. The SMILES string of the molecule is C[C@H](NC(=O)Cn1cnc2c1c(=O)n(C)c(=O)n2C)c1cccc(Cl)c1. The summed E-state index contributed by atoms with van der Waals surface area (Å²) in [5.74, 6) is -0.285. The highest BCUT2D eigenvalue weighted by Gasteiger charge is 2.17. The Morgan fingerprint density at radius 3 is 2.69 bits per heavy atom. The molecule has 2 aromatic heterocycles. The van der Waals surface area contributed by atoms with Gasteiger partial charge in [0, 0.05) is 19.1 Å². The molecule has 0 aliphatic carbocycles. The number of benzene rings is 1. The van der Waals surface area contributed by atoms with Gasteiger partial charge in [0.2, 0.25) is 5.91 Å². The van der Waals surface area contributed by atoms with Gasteiger partial charge in [-0.3, -0.25) is 18.7 Å². The van der Waals surface area contributed by atoms with E-state index in [0.717, 1.165) is 10.1 Å². The number of nitrogens with zero attached hydrogens (tertiary/aromatic N) is 4. The first-order valence-corrected chi connectivity index (χ1v) is 8.33. The third kappa shape index (κ3) is 3.15.